The minimum atomic E-state index is -1.10. The molecule has 1 saturated heterocycles. The van der Waals surface area contributed by atoms with Gasteiger partial charge in [-0.3, -0.25) is 9.58 Å². The summed E-state index contributed by atoms with van der Waals surface area (Å²) < 4.78 is 21.1. The zero-order chi connectivity index (χ0) is 16.4. The molecule has 2 aromatic rings. The first-order valence-electron chi connectivity index (χ1n) is 7.41. The lowest BCUT2D eigenvalue weighted by Gasteiger charge is -2.26. The number of morpholine rings is 1. The molecule has 122 valence electrons. The van der Waals surface area contributed by atoms with E-state index in [9.17, 15) is 9.18 Å². The number of benzene rings is 1. The molecule has 1 fully saturated rings. The number of nitrogens with zero attached hydrogens (tertiary/aromatic N) is 3. The SMILES string of the molecule is Cn1nc(C(=O)O)cc1-c1ccc(CN2CCOCC2)c(F)c1. The minimum Gasteiger partial charge on any atom is -0.476 e. The second-order valence-electron chi connectivity index (χ2n) is 5.54. The molecule has 0 radical (unpaired) electrons. The fourth-order valence-corrected chi connectivity index (χ4v) is 2.68. The van der Waals surface area contributed by atoms with Crippen LogP contribution in [0.4, 0.5) is 4.39 Å². The van der Waals surface area contributed by atoms with Crippen LogP contribution in [0.1, 0.15) is 16.1 Å². The van der Waals surface area contributed by atoms with Gasteiger partial charge < -0.3 is 9.84 Å². The molecule has 0 unspecified atom stereocenters. The number of halogens is 1. The smallest absolute Gasteiger partial charge is 0.356 e. The Morgan fingerprint density at radius 1 is 1.35 bits per heavy atom. The predicted octanol–water partition coefficient (Wildman–Crippen LogP) is 1.76. The molecule has 0 atom stereocenters. The number of aromatic carboxylic acids is 1. The molecule has 1 aromatic heterocycles. The molecule has 1 aliphatic rings. The molecule has 2 heterocycles. The van der Waals surface area contributed by atoms with Crippen LogP contribution >= 0.6 is 0 Å². The van der Waals surface area contributed by atoms with E-state index < -0.39 is 5.97 Å². The number of aromatic nitrogens is 2. The molecule has 1 N–H and O–H groups in total. The van der Waals surface area contributed by atoms with E-state index in [2.05, 4.69) is 10.00 Å². The fraction of sp³-hybridized carbons (Fsp3) is 0.375. The summed E-state index contributed by atoms with van der Waals surface area (Å²) in [6, 6.07) is 6.41. The molecule has 1 aromatic carbocycles. The molecule has 0 saturated carbocycles. The molecule has 0 aliphatic carbocycles. The number of hydrogen-bond acceptors (Lipinski definition) is 4. The van der Waals surface area contributed by atoms with Gasteiger partial charge in [-0.25, -0.2) is 9.18 Å². The number of carbonyl (C=O) groups is 1. The first-order chi connectivity index (χ1) is 11.0. The number of hydrogen-bond donors (Lipinski definition) is 1. The Hall–Kier alpha value is -2.25. The van der Waals surface area contributed by atoms with E-state index in [1.165, 1.54) is 16.8 Å². The number of aryl methyl sites for hydroxylation is 1. The highest BCUT2D eigenvalue weighted by atomic mass is 19.1. The van der Waals surface area contributed by atoms with Crippen LogP contribution in [0.15, 0.2) is 24.3 Å². The van der Waals surface area contributed by atoms with Gasteiger partial charge in [-0.1, -0.05) is 12.1 Å². The van der Waals surface area contributed by atoms with Gasteiger partial charge >= 0.3 is 5.97 Å². The molecule has 0 spiro atoms. The maximum atomic E-state index is 14.4. The molecule has 3 rings (SSSR count). The summed E-state index contributed by atoms with van der Waals surface area (Å²) in [7, 11) is 1.64. The normalized spacial score (nSPS) is 15.7. The maximum absolute atomic E-state index is 14.4. The lowest BCUT2D eigenvalue weighted by atomic mass is 10.1. The predicted molar refractivity (Wildman–Crippen MR) is 81.7 cm³/mol. The van der Waals surface area contributed by atoms with Crippen LogP contribution in [-0.4, -0.2) is 52.1 Å². The summed E-state index contributed by atoms with van der Waals surface area (Å²) in [6.45, 7) is 3.48. The number of carboxylic acids is 1. The van der Waals surface area contributed by atoms with Crippen LogP contribution in [0.3, 0.4) is 0 Å². The summed E-state index contributed by atoms with van der Waals surface area (Å²) in [4.78, 5) is 13.1. The Balaban J connectivity index is 1.82. The molecule has 6 nitrogen and oxygen atoms in total. The zero-order valence-electron chi connectivity index (χ0n) is 12.8. The van der Waals surface area contributed by atoms with Crippen molar-refractivity contribution in [2.75, 3.05) is 26.3 Å². The van der Waals surface area contributed by atoms with E-state index in [-0.39, 0.29) is 11.5 Å². The maximum Gasteiger partial charge on any atom is 0.356 e. The van der Waals surface area contributed by atoms with Gasteiger partial charge in [0.25, 0.3) is 0 Å². The first kappa shape index (κ1) is 15.6. The van der Waals surface area contributed by atoms with Crippen molar-refractivity contribution < 1.29 is 19.0 Å². The monoisotopic (exact) mass is 319 g/mol. The van der Waals surface area contributed by atoms with Gasteiger partial charge in [0.05, 0.1) is 18.9 Å². The largest absolute Gasteiger partial charge is 0.476 e. The summed E-state index contributed by atoms with van der Waals surface area (Å²) in [5.74, 6) is -1.40. The van der Waals surface area contributed by atoms with E-state index in [4.69, 9.17) is 9.84 Å². The first-order valence-corrected chi connectivity index (χ1v) is 7.41. The highest BCUT2D eigenvalue weighted by Crippen LogP contribution is 2.23. The summed E-state index contributed by atoms with van der Waals surface area (Å²) in [5.41, 5.74) is 1.74. The third-order valence-electron chi connectivity index (χ3n) is 3.95. The van der Waals surface area contributed by atoms with Gasteiger partial charge in [0.2, 0.25) is 0 Å². The quantitative estimate of drug-likeness (QED) is 0.930. The molecule has 23 heavy (non-hydrogen) atoms. The average molecular weight is 319 g/mol. The lowest BCUT2D eigenvalue weighted by molar-refractivity contribution is 0.0337. The summed E-state index contributed by atoms with van der Waals surface area (Å²) >= 11 is 0. The number of rotatable bonds is 4. The van der Waals surface area contributed by atoms with Gasteiger partial charge in [-0.2, -0.15) is 5.10 Å². The highest BCUT2D eigenvalue weighted by molar-refractivity contribution is 5.87. The average Bonchev–Trinajstić information content (AvgIpc) is 2.93. The highest BCUT2D eigenvalue weighted by Gasteiger charge is 2.16. The van der Waals surface area contributed by atoms with Crippen molar-refractivity contribution in [2.24, 2.45) is 7.05 Å². The third-order valence-corrected chi connectivity index (χ3v) is 3.95. The molecule has 0 amide bonds. The minimum absolute atomic E-state index is 0.0553. The van der Waals surface area contributed by atoms with Crippen LogP contribution in [0.25, 0.3) is 11.3 Å². The molecule has 0 bridgehead atoms. The second-order valence-corrected chi connectivity index (χ2v) is 5.54. The van der Waals surface area contributed by atoms with Gasteiger partial charge in [-0.15, -0.1) is 0 Å². The van der Waals surface area contributed by atoms with Gasteiger partial charge in [0.1, 0.15) is 5.82 Å². The molecule has 7 heteroatoms. The van der Waals surface area contributed by atoms with Crippen molar-refractivity contribution in [3.63, 3.8) is 0 Å². The Bertz CT molecular complexity index is 723. The standard InChI is InChI=1S/C16H18FN3O3/c1-19-15(9-14(18-19)16(21)22)11-2-3-12(13(17)8-11)10-20-4-6-23-7-5-20/h2-3,8-9H,4-7,10H2,1H3,(H,21,22). The second kappa shape index (κ2) is 6.47. The van der Waals surface area contributed by atoms with Gasteiger partial charge in [-0.05, 0) is 12.1 Å². The Morgan fingerprint density at radius 2 is 2.09 bits per heavy atom. The Morgan fingerprint density at radius 3 is 2.70 bits per heavy atom. The van der Waals surface area contributed by atoms with Crippen LogP contribution in [0.5, 0.6) is 0 Å². The van der Waals surface area contributed by atoms with Crippen molar-refractivity contribution in [1.29, 1.82) is 0 Å². The Labute approximate surface area is 133 Å². The Kier molecular flexibility index (Phi) is 4.40. The van der Waals surface area contributed by atoms with Crippen molar-refractivity contribution in [3.05, 3.63) is 41.3 Å². The van der Waals surface area contributed by atoms with E-state index in [1.54, 1.807) is 19.2 Å². The van der Waals surface area contributed by atoms with E-state index in [1.807, 2.05) is 0 Å². The summed E-state index contributed by atoms with van der Waals surface area (Å²) in [5, 5.41) is 12.9. The van der Waals surface area contributed by atoms with Crippen LogP contribution in [0, 0.1) is 5.82 Å². The van der Waals surface area contributed by atoms with Crippen LogP contribution in [0.2, 0.25) is 0 Å². The van der Waals surface area contributed by atoms with E-state index >= 15 is 0 Å². The van der Waals surface area contributed by atoms with Crippen molar-refractivity contribution in [3.8, 4) is 11.3 Å². The molecular formula is C16H18FN3O3. The van der Waals surface area contributed by atoms with Crippen LogP contribution in [-0.2, 0) is 18.3 Å². The summed E-state index contributed by atoms with van der Waals surface area (Å²) in [6.07, 6.45) is 0. The van der Waals surface area contributed by atoms with E-state index in [0.717, 1.165) is 13.1 Å². The van der Waals surface area contributed by atoms with Crippen molar-refractivity contribution in [1.82, 2.24) is 14.7 Å². The fourth-order valence-electron chi connectivity index (χ4n) is 2.68. The van der Waals surface area contributed by atoms with Crippen molar-refractivity contribution in [2.45, 2.75) is 6.54 Å². The number of carboxylic acid groups (broad SMARTS) is 1. The topological polar surface area (TPSA) is 67.6 Å². The number of ether oxygens (including phenoxy) is 1. The lowest BCUT2D eigenvalue weighted by Crippen LogP contribution is -2.35. The van der Waals surface area contributed by atoms with Crippen molar-refractivity contribution >= 4 is 5.97 Å². The van der Waals surface area contributed by atoms with Gasteiger partial charge in [0, 0.05) is 37.8 Å². The molecule has 1 aliphatic heterocycles. The van der Waals surface area contributed by atoms with Crippen LogP contribution < -0.4 is 0 Å². The van der Waals surface area contributed by atoms with E-state index in [0.29, 0.717) is 36.6 Å². The zero-order valence-corrected chi connectivity index (χ0v) is 12.8. The van der Waals surface area contributed by atoms with Gasteiger partial charge in [0.15, 0.2) is 5.69 Å². The third kappa shape index (κ3) is 3.40. The molecular weight excluding hydrogens is 301 g/mol.